The zero-order chi connectivity index (χ0) is 29.3. The molecule has 0 saturated carbocycles. The molecule has 41 heavy (non-hydrogen) atoms. The number of phenolic OH excluding ortho intramolecular Hbond substituents is 6. The average Bonchev–Trinajstić information content (AvgIpc) is 3.03. The Morgan fingerprint density at radius 3 is 1.73 bits per heavy atom. The van der Waals surface area contributed by atoms with E-state index in [4.69, 9.17) is 9.47 Å². The molecule has 0 spiro atoms. The van der Waals surface area contributed by atoms with Crippen molar-refractivity contribution in [2.24, 2.45) is 0 Å². The number of ether oxygens (including phenoxy) is 2. The van der Waals surface area contributed by atoms with E-state index in [1.165, 1.54) is 18.2 Å². The van der Waals surface area contributed by atoms with Gasteiger partial charge in [0.2, 0.25) is 5.43 Å². The average molecular weight is 564 g/mol. The summed E-state index contributed by atoms with van der Waals surface area (Å²) in [6, 6.07) is 8.05. The van der Waals surface area contributed by atoms with Gasteiger partial charge in [-0.15, -0.1) is 0 Å². The number of aromatic hydroxyl groups is 7. The van der Waals surface area contributed by atoms with Crippen molar-refractivity contribution in [2.75, 3.05) is 0 Å². The first-order valence-electron chi connectivity index (χ1n) is 12.5. The number of aliphatic hydroxyl groups excluding tert-OH is 2. The quantitative estimate of drug-likeness (QED) is 0.160. The number of aliphatic hydroxyl groups is 2. The molecule has 2 heterocycles. The second-order valence-electron chi connectivity index (χ2n) is 10.1. The molecule has 0 fully saturated rings. The van der Waals surface area contributed by atoms with Crippen LogP contribution in [0.4, 0.5) is 0 Å². The van der Waals surface area contributed by atoms with Gasteiger partial charge in [-0.25, -0.2) is 0 Å². The summed E-state index contributed by atoms with van der Waals surface area (Å²) in [5.41, 5.74) is -0.578. The predicted molar refractivity (Wildman–Crippen MR) is 141 cm³/mol. The molecule has 12 heteroatoms. The van der Waals surface area contributed by atoms with Crippen LogP contribution in [0.5, 0.6) is 51.7 Å². The highest BCUT2D eigenvalue weighted by Gasteiger charge is 2.36. The van der Waals surface area contributed by atoms with Gasteiger partial charge in [0.15, 0.2) is 23.4 Å². The van der Waals surface area contributed by atoms with Crippen molar-refractivity contribution < 1.29 is 55.4 Å². The minimum atomic E-state index is -1.34. The van der Waals surface area contributed by atoms with Crippen LogP contribution in [0.2, 0.25) is 0 Å². The minimum absolute atomic E-state index is 0.00576. The number of rotatable bonds is 2. The molecular formula is C29H24O12. The number of hydrogen-bond donors (Lipinski definition) is 9. The van der Waals surface area contributed by atoms with Crippen LogP contribution in [-0.4, -0.2) is 58.2 Å². The first-order chi connectivity index (χ1) is 19.4. The van der Waals surface area contributed by atoms with Gasteiger partial charge in [-0.3, -0.25) is 4.79 Å². The van der Waals surface area contributed by atoms with Gasteiger partial charge in [-0.05, 0) is 29.1 Å². The van der Waals surface area contributed by atoms with Gasteiger partial charge in [-0.2, -0.15) is 0 Å². The van der Waals surface area contributed by atoms with E-state index in [0.29, 0.717) is 0 Å². The highest BCUT2D eigenvalue weighted by molar-refractivity contribution is 5.94. The lowest BCUT2D eigenvalue weighted by molar-refractivity contribution is 0.0193. The highest BCUT2D eigenvalue weighted by atomic mass is 16.5. The molecule has 9 N–H and O–H groups in total. The maximum atomic E-state index is 13.2. The Morgan fingerprint density at radius 1 is 0.610 bits per heavy atom. The smallest absolute Gasteiger partial charge is 0.231 e. The van der Waals surface area contributed by atoms with Crippen LogP contribution in [0.15, 0.2) is 47.3 Å². The Balaban J connectivity index is 1.56. The molecule has 2 aliphatic rings. The molecule has 0 radical (unpaired) electrons. The summed E-state index contributed by atoms with van der Waals surface area (Å²) in [6.07, 6.45) is -5.40. The van der Waals surface area contributed by atoms with Crippen LogP contribution in [0, 0.1) is 0 Å². The van der Waals surface area contributed by atoms with Gasteiger partial charge in [0.1, 0.15) is 40.6 Å². The van der Waals surface area contributed by atoms with E-state index in [-0.39, 0.29) is 75.0 Å². The Labute approximate surface area is 230 Å². The Morgan fingerprint density at radius 2 is 1.15 bits per heavy atom. The Bertz CT molecular complexity index is 1800. The van der Waals surface area contributed by atoms with Crippen LogP contribution in [-0.2, 0) is 12.8 Å². The molecule has 4 atom stereocenters. The summed E-state index contributed by atoms with van der Waals surface area (Å²) in [6.45, 7) is 0. The first-order valence-corrected chi connectivity index (χ1v) is 12.5. The summed E-state index contributed by atoms with van der Waals surface area (Å²) >= 11 is 0. The van der Waals surface area contributed by atoms with Gasteiger partial charge in [0, 0.05) is 53.8 Å². The van der Waals surface area contributed by atoms with Gasteiger partial charge in [0.05, 0.1) is 17.6 Å². The van der Waals surface area contributed by atoms with E-state index in [9.17, 15) is 50.8 Å². The summed E-state index contributed by atoms with van der Waals surface area (Å²) in [5.74, 6) is -3.57. The van der Waals surface area contributed by atoms with Gasteiger partial charge < -0.3 is 55.4 Å². The van der Waals surface area contributed by atoms with E-state index in [2.05, 4.69) is 0 Å². The summed E-state index contributed by atoms with van der Waals surface area (Å²) < 4.78 is 11.8. The summed E-state index contributed by atoms with van der Waals surface area (Å²) in [5, 5.41) is 93.5. The summed E-state index contributed by atoms with van der Waals surface area (Å²) in [7, 11) is 0. The van der Waals surface area contributed by atoms with Crippen LogP contribution >= 0.6 is 0 Å². The number of benzene rings is 3. The molecule has 4 aromatic carbocycles. The molecule has 0 bridgehead atoms. The third-order valence-electron chi connectivity index (χ3n) is 7.43. The monoisotopic (exact) mass is 564 g/mol. The Hall–Kier alpha value is -5.07. The molecule has 0 saturated heterocycles. The van der Waals surface area contributed by atoms with Gasteiger partial charge >= 0.3 is 0 Å². The van der Waals surface area contributed by atoms with Crippen molar-refractivity contribution in [3.63, 3.8) is 0 Å². The molecule has 0 unspecified atom stereocenters. The SMILES string of the molecule is O=c1c(O)cc([C@H]2Oc3cc(O)cc(O)c3C[C@@H]2O)cc2c([C@H]3Oc4cc(O)cc(O)c4C[C@@H]3O)cc(O)c(O)c12. The standard InChI is InChI=1S/C29H24O12/c30-11-3-17(32)15-8-21(36)28(40-23(15)5-11)10-1-13-14(7-20(35)27(39)25(13)26(38)19(34)2-10)29-22(37)9-16-18(33)4-12(31)6-24(16)41-29/h1-7,21-22,28-33,35-37,39H,8-9H2,(H,34,38)/t21-,22-,28+,29+/m0/s1. The van der Waals surface area contributed by atoms with E-state index in [0.717, 1.165) is 24.3 Å². The van der Waals surface area contributed by atoms with E-state index >= 15 is 0 Å². The molecule has 6 rings (SSSR count). The molecule has 2 aliphatic heterocycles. The lowest BCUT2D eigenvalue weighted by atomic mass is 9.90. The second kappa shape index (κ2) is 9.25. The van der Waals surface area contributed by atoms with E-state index < -0.39 is 52.5 Å². The molecular weight excluding hydrogens is 540 g/mol. The third kappa shape index (κ3) is 4.20. The van der Waals surface area contributed by atoms with Crippen LogP contribution < -0.4 is 14.9 Å². The molecule has 12 nitrogen and oxygen atoms in total. The van der Waals surface area contributed by atoms with Crippen LogP contribution in [0.25, 0.3) is 10.8 Å². The fourth-order valence-electron chi connectivity index (χ4n) is 5.52. The fraction of sp³-hybridized carbons (Fsp3) is 0.207. The van der Waals surface area contributed by atoms with Gasteiger partial charge in [0.25, 0.3) is 0 Å². The summed E-state index contributed by atoms with van der Waals surface area (Å²) in [4.78, 5) is 13.2. The van der Waals surface area contributed by atoms with Crippen molar-refractivity contribution >= 4 is 10.8 Å². The minimum Gasteiger partial charge on any atom is -0.508 e. The third-order valence-corrected chi connectivity index (χ3v) is 7.43. The van der Waals surface area contributed by atoms with Crippen LogP contribution in [0.1, 0.15) is 34.5 Å². The lowest BCUT2D eigenvalue weighted by Crippen LogP contribution is -2.31. The zero-order valence-corrected chi connectivity index (χ0v) is 21.0. The van der Waals surface area contributed by atoms with Crippen molar-refractivity contribution in [2.45, 2.75) is 37.3 Å². The topological polar surface area (TPSA) is 218 Å². The second-order valence-corrected chi connectivity index (χ2v) is 10.1. The van der Waals surface area contributed by atoms with Crippen molar-refractivity contribution in [3.05, 3.63) is 74.9 Å². The first kappa shape index (κ1) is 26.2. The maximum Gasteiger partial charge on any atom is 0.231 e. The molecule has 4 aromatic rings. The number of fused-ring (bicyclic) bond motifs is 3. The predicted octanol–water partition coefficient (Wildman–Crippen LogP) is 2.21. The van der Waals surface area contributed by atoms with Crippen molar-refractivity contribution in [1.82, 2.24) is 0 Å². The number of phenols is 6. The maximum absolute atomic E-state index is 13.2. The van der Waals surface area contributed by atoms with Crippen molar-refractivity contribution in [1.29, 1.82) is 0 Å². The highest BCUT2D eigenvalue weighted by Crippen LogP contribution is 2.47. The number of hydrogen-bond acceptors (Lipinski definition) is 12. The zero-order valence-electron chi connectivity index (χ0n) is 21.0. The van der Waals surface area contributed by atoms with Crippen molar-refractivity contribution in [3.8, 4) is 51.7 Å². The molecule has 0 aromatic heterocycles. The Kier molecular flexibility index (Phi) is 5.90. The van der Waals surface area contributed by atoms with Gasteiger partial charge in [-0.1, -0.05) is 0 Å². The molecule has 0 aliphatic carbocycles. The van der Waals surface area contributed by atoms with E-state index in [1.54, 1.807) is 0 Å². The molecule has 212 valence electrons. The van der Waals surface area contributed by atoms with E-state index in [1.807, 2.05) is 0 Å². The molecule has 0 amide bonds. The fourth-order valence-corrected chi connectivity index (χ4v) is 5.52. The van der Waals surface area contributed by atoms with Crippen LogP contribution in [0.3, 0.4) is 0 Å². The largest absolute Gasteiger partial charge is 0.508 e. The lowest BCUT2D eigenvalue weighted by Gasteiger charge is -2.32. The normalized spacial score (nSPS) is 21.4.